The van der Waals surface area contributed by atoms with E-state index in [4.69, 9.17) is 10.00 Å². The lowest BCUT2D eigenvalue weighted by molar-refractivity contribution is -0.122. The van der Waals surface area contributed by atoms with Crippen LogP contribution in [-0.2, 0) is 4.74 Å². The maximum Gasteiger partial charge on any atom is 0.0868 e. The third-order valence-electron chi connectivity index (χ3n) is 4.43. The minimum Gasteiger partial charge on any atom is -0.375 e. The van der Waals surface area contributed by atoms with Crippen molar-refractivity contribution in [2.24, 2.45) is 0 Å². The van der Waals surface area contributed by atoms with E-state index in [0.717, 1.165) is 26.0 Å². The normalized spacial score (nSPS) is 28.2. The molecule has 1 unspecified atom stereocenters. The number of rotatable bonds is 3. The van der Waals surface area contributed by atoms with Crippen LogP contribution in [0.25, 0.3) is 0 Å². The molecule has 0 aromatic rings. The van der Waals surface area contributed by atoms with Gasteiger partial charge >= 0.3 is 0 Å². The van der Waals surface area contributed by atoms with Crippen LogP contribution < -0.4 is 0 Å². The van der Waals surface area contributed by atoms with Crippen molar-refractivity contribution in [3.63, 3.8) is 0 Å². The Hall–Kier alpha value is -0.590. The average Bonchev–Trinajstić information content (AvgIpc) is 2.37. The predicted molar refractivity (Wildman–Crippen MR) is 67.7 cm³/mol. The molecule has 0 aromatic carbocycles. The lowest BCUT2D eigenvalue weighted by Gasteiger charge is -2.46. The van der Waals surface area contributed by atoms with E-state index in [1.54, 1.807) is 0 Å². The van der Waals surface area contributed by atoms with Gasteiger partial charge in [-0.1, -0.05) is 26.2 Å². The molecule has 0 aromatic heterocycles. The Morgan fingerprint density at radius 2 is 2.12 bits per heavy atom. The summed E-state index contributed by atoms with van der Waals surface area (Å²) >= 11 is 0. The fourth-order valence-corrected chi connectivity index (χ4v) is 3.45. The third-order valence-corrected chi connectivity index (χ3v) is 4.43. The van der Waals surface area contributed by atoms with Crippen molar-refractivity contribution in [1.82, 2.24) is 4.90 Å². The highest BCUT2D eigenvalue weighted by atomic mass is 16.5. The van der Waals surface area contributed by atoms with Crippen molar-refractivity contribution in [3.05, 3.63) is 0 Å². The molecule has 96 valence electrons. The van der Waals surface area contributed by atoms with Crippen LogP contribution >= 0.6 is 0 Å². The average molecular weight is 236 g/mol. The van der Waals surface area contributed by atoms with Crippen molar-refractivity contribution in [2.75, 3.05) is 19.7 Å². The first kappa shape index (κ1) is 12.9. The van der Waals surface area contributed by atoms with E-state index in [2.05, 4.69) is 17.9 Å². The molecule has 1 saturated carbocycles. The van der Waals surface area contributed by atoms with Gasteiger partial charge in [-0.2, -0.15) is 5.26 Å². The summed E-state index contributed by atoms with van der Waals surface area (Å²) in [5.74, 6) is 0. The Kier molecular flexibility index (Phi) is 4.42. The van der Waals surface area contributed by atoms with Crippen LogP contribution in [0.4, 0.5) is 0 Å². The second kappa shape index (κ2) is 5.84. The Balaban J connectivity index is 1.98. The predicted octanol–water partition coefficient (Wildman–Crippen LogP) is 2.71. The summed E-state index contributed by atoms with van der Waals surface area (Å²) in [4.78, 5) is 2.32. The highest BCUT2D eigenvalue weighted by Crippen LogP contribution is 2.39. The molecule has 0 bridgehead atoms. The van der Waals surface area contributed by atoms with Crippen LogP contribution in [0.1, 0.15) is 51.9 Å². The molecule has 0 amide bonds. The van der Waals surface area contributed by atoms with Crippen LogP contribution in [0.2, 0.25) is 0 Å². The molecule has 0 N–H and O–H groups in total. The van der Waals surface area contributed by atoms with Crippen molar-refractivity contribution < 1.29 is 4.74 Å². The van der Waals surface area contributed by atoms with Gasteiger partial charge in [0.05, 0.1) is 18.2 Å². The van der Waals surface area contributed by atoms with Gasteiger partial charge in [-0.3, -0.25) is 4.90 Å². The SMILES string of the molecule is CCN(CC#N)C1CCOC2(CCCCC2)C1. The van der Waals surface area contributed by atoms with Crippen LogP contribution in [-0.4, -0.2) is 36.2 Å². The van der Waals surface area contributed by atoms with E-state index in [1.165, 1.54) is 32.1 Å². The van der Waals surface area contributed by atoms with Crippen molar-refractivity contribution >= 4 is 0 Å². The van der Waals surface area contributed by atoms with Gasteiger partial charge in [-0.15, -0.1) is 0 Å². The molecular weight excluding hydrogens is 212 g/mol. The molecule has 1 aliphatic heterocycles. The fourth-order valence-electron chi connectivity index (χ4n) is 3.45. The summed E-state index contributed by atoms with van der Waals surface area (Å²) in [6.45, 7) is 4.58. The first-order chi connectivity index (χ1) is 8.29. The fraction of sp³-hybridized carbons (Fsp3) is 0.929. The molecule has 1 heterocycles. The van der Waals surface area contributed by atoms with Crippen LogP contribution in [0.15, 0.2) is 0 Å². The van der Waals surface area contributed by atoms with Gasteiger partial charge in [0.1, 0.15) is 0 Å². The van der Waals surface area contributed by atoms with Gasteiger partial charge < -0.3 is 4.74 Å². The van der Waals surface area contributed by atoms with Crippen molar-refractivity contribution in [1.29, 1.82) is 5.26 Å². The van der Waals surface area contributed by atoms with Crippen LogP contribution in [0, 0.1) is 11.3 Å². The molecule has 3 heteroatoms. The highest BCUT2D eigenvalue weighted by Gasteiger charge is 2.39. The van der Waals surface area contributed by atoms with E-state index >= 15 is 0 Å². The maximum atomic E-state index is 8.88. The number of ether oxygens (including phenoxy) is 1. The van der Waals surface area contributed by atoms with Gasteiger partial charge in [-0.25, -0.2) is 0 Å². The summed E-state index contributed by atoms with van der Waals surface area (Å²) < 4.78 is 6.10. The van der Waals surface area contributed by atoms with Gasteiger partial charge in [0.15, 0.2) is 0 Å². The Morgan fingerprint density at radius 1 is 1.35 bits per heavy atom. The largest absolute Gasteiger partial charge is 0.375 e. The van der Waals surface area contributed by atoms with Gasteiger partial charge in [0, 0.05) is 12.6 Å². The molecular formula is C14H24N2O. The topological polar surface area (TPSA) is 36.3 Å². The Labute approximate surface area is 105 Å². The van der Waals surface area contributed by atoms with Crippen LogP contribution in [0.3, 0.4) is 0 Å². The highest BCUT2D eigenvalue weighted by molar-refractivity contribution is 4.94. The Bertz CT molecular complexity index is 273. The van der Waals surface area contributed by atoms with Gasteiger partial charge in [-0.05, 0) is 32.2 Å². The number of hydrogen-bond acceptors (Lipinski definition) is 3. The van der Waals surface area contributed by atoms with Gasteiger partial charge in [0.25, 0.3) is 0 Å². The minimum atomic E-state index is 0.157. The second-order valence-electron chi connectivity index (χ2n) is 5.46. The smallest absolute Gasteiger partial charge is 0.0868 e. The summed E-state index contributed by atoms with van der Waals surface area (Å²) in [6.07, 6.45) is 8.70. The molecule has 0 radical (unpaired) electrons. The number of nitrogens with zero attached hydrogens (tertiary/aromatic N) is 2. The molecule has 1 spiro atoms. The minimum absolute atomic E-state index is 0.157. The first-order valence-corrected chi connectivity index (χ1v) is 7.04. The van der Waals surface area contributed by atoms with E-state index < -0.39 is 0 Å². The standard InChI is InChI=1S/C14H24N2O/c1-2-16(10-9-15)13-6-11-17-14(12-13)7-4-3-5-8-14/h13H,2-8,10-12H2,1H3. The zero-order valence-electron chi connectivity index (χ0n) is 11.0. The number of nitriles is 1. The van der Waals surface area contributed by atoms with E-state index in [1.807, 2.05) is 0 Å². The van der Waals surface area contributed by atoms with E-state index in [-0.39, 0.29) is 5.60 Å². The summed E-state index contributed by atoms with van der Waals surface area (Å²) in [6, 6.07) is 2.85. The Morgan fingerprint density at radius 3 is 2.76 bits per heavy atom. The van der Waals surface area contributed by atoms with E-state index in [0.29, 0.717) is 12.6 Å². The quantitative estimate of drug-likeness (QED) is 0.707. The summed E-state index contributed by atoms with van der Waals surface area (Å²) in [5.41, 5.74) is 0.157. The first-order valence-electron chi connectivity index (χ1n) is 7.04. The zero-order chi connectivity index (χ0) is 12.1. The van der Waals surface area contributed by atoms with Gasteiger partial charge in [0.2, 0.25) is 0 Å². The lowest BCUT2D eigenvalue weighted by atomic mass is 9.78. The van der Waals surface area contributed by atoms with Crippen molar-refractivity contribution in [2.45, 2.75) is 63.5 Å². The molecule has 2 aliphatic rings. The number of hydrogen-bond donors (Lipinski definition) is 0. The molecule has 1 aliphatic carbocycles. The maximum absolute atomic E-state index is 8.88. The second-order valence-corrected chi connectivity index (χ2v) is 5.46. The molecule has 3 nitrogen and oxygen atoms in total. The van der Waals surface area contributed by atoms with Crippen LogP contribution in [0.5, 0.6) is 0 Å². The molecule has 2 rings (SSSR count). The summed E-state index contributed by atoms with van der Waals surface area (Å²) in [5, 5.41) is 8.88. The molecule has 1 atom stereocenters. The molecule has 1 saturated heterocycles. The summed E-state index contributed by atoms with van der Waals surface area (Å²) in [7, 11) is 0. The zero-order valence-corrected chi connectivity index (χ0v) is 11.0. The molecule has 2 fully saturated rings. The third kappa shape index (κ3) is 3.00. The molecule has 17 heavy (non-hydrogen) atoms. The van der Waals surface area contributed by atoms with E-state index in [9.17, 15) is 0 Å². The lowest BCUT2D eigenvalue weighted by Crippen LogP contribution is -2.49. The van der Waals surface area contributed by atoms with Crippen molar-refractivity contribution in [3.8, 4) is 6.07 Å². The monoisotopic (exact) mass is 236 g/mol.